The van der Waals surface area contributed by atoms with Crippen molar-refractivity contribution in [1.29, 1.82) is 0 Å². The highest BCUT2D eigenvalue weighted by atomic mass is 16.5. The molecule has 7 nitrogen and oxygen atoms in total. The summed E-state index contributed by atoms with van der Waals surface area (Å²) in [6.45, 7) is -0.0126. The molecule has 1 aromatic rings. The van der Waals surface area contributed by atoms with Crippen LogP contribution in [-0.4, -0.2) is 52.8 Å². The summed E-state index contributed by atoms with van der Waals surface area (Å²) in [5, 5.41) is 18.7. The number of likely N-dealkylation sites (tertiary alicyclic amines) is 1. The van der Waals surface area contributed by atoms with Crippen LogP contribution >= 0.6 is 0 Å². The van der Waals surface area contributed by atoms with Crippen LogP contribution in [0.5, 0.6) is 5.75 Å². The number of rotatable bonds is 3. The molecule has 1 heterocycles. The minimum Gasteiger partial charge on any atom is -0.497 e. The second-order valence-electron chi connectivity index (χ2n) is 4.65. The van der Waals surface area contributed by atoms with Gasteiger partial charge < -0.3 is 25.6 Å². The molecular weight excluding hydrogens is 264 g/mol. The fraction of sp³-hybridized carbons (Fsp3) is 0.385. The van der Waals surface area contributed by atoms with Gasteiger partial charge in [-0.2, -0.15) is 0 Å². The Kier molecular flexibility index (Phi) is 3.80. The molecule has 20 heavy (non-hydrogen) atoms. The van der Waals surface area contributed by atoms with Gasteiger partial charge >= 0.3 is 5.97 Å². The van der Waals surface area contributed by atoms with Gasteiger partial charge in [-0.1, -0.05) is 0 Å². The van der Waals surface area contributed by atoms with Gasteiger partial charge in [0.2, 0.25) is 0 Å². The average molecular weight is 280 g/mol. The molecule has 4 N–H and O–H groups in total. The van der Waals surface area contributed by atoms with Gasteiger partial charge in [-0.25, -0.2) is 4.79 Å². The number of carboxylic acid groups (broad SMARTS) is 1. The molecule has 1 aliphatic rings. The first-order valence-electron chi connectivity index (χ1n) is 6.09. The molecule has 1 aliphatic heterocycles. The maximum Gasteiger partial charge on any atom is 0.326 e. The number of ether oxygens (including phenoxy) is 1. The van der Waals surface area contributed by atoms with Gasteiger partial charge in [-0.15, -0.1) is 0 Å². The average Bonchev–Trinajstić information content (AvgIpc) is 2.80. The minimum atomic E-state index is -1.14. The van der Waals surface area contributed by atoms with E-state index in [1.807, 2.05) is 0 Å². The number of nitrogen functional groups attached to an aromatic ring is 1. The topological polar surface area (TPSA) is 113 Å². The van der Waals surface area contributed by atoms with Gasteiger partial charge in [-0.3, -0.25) is 4.79 Å². The third kappa shape index (κ3) is 2.53. The van der Waals surface area contributed by atoms with Crippen molar-refractivity contribution in [2.75, 3.05) is 19.4 Å². The highest BCUT2D eigenvalue weighted by molar-refractivity contribution is 6.01. The van der Waals surface area contributed by atoms with E-state index in [2.05, 4.69) is 0 Å². The summed E-state index contributed by atoms with van der Waals surface area (Å²) in [5.74, 6) is -1.13. The van der Waals surface area contributed by atoms with E-state index in [0.717, 1.165) is 4.90 Å². The number of hydrogen-bond donors (Lipinski definition) is 3. The monoisotopic (exact) mass is 280 g/mol. The molecule has 0 radical (unpaired) electrons. The molecule has 0 unspecified atom stereocenters. The molecule has 0 aliphatic carbocycles. The maximum absolute atomic E-state index is 12.4. The van der Waals surface area contributed by atoms with Gasteiger partial charge in [0.05, 0.1) is 18.8 Å². The summed E-state index contributed by atoms with van der Waals surface area (Å²) in [6, 6.07) is 3.53. The zero-order valence-corrected chi connectivity index (χ0v) is 10.9. The molecule has 108 valence electrons. The lowest BCUT2D eigenvalue weighted by Gasteiger charge is -2.22. The van der Waals surface area contributed by atoms with Gasteiger partial charge in [-0.05, 0) is 12.1 Å². The first-order valence-corrected chi connectivity index (χ1v) is 6.09. The van der Waals surface area contributed by atoms with Crippen molar-refractivity contribution < 1.29 is 24.5 Å². The minimum absolute atomic E-state index is 0.0126. The number of carboxylic acids is 1. The smallest absolute Gasteiger partial charge is 0.326 e. The number of aliphatic carboxylic acids is 1. The molecular formula is C13H16N2O5. The van der Waals surface area contributed by atoms with E-state index >= 15 is 0 Å². The molecule has 0 spiro atoms. The number of nitrogens with two attached hydrogens (primary N) is 1. The van der Waals surface area contributed by atoms with Crippen LogP contribution in [-0.2, 0) is 4.79 Å². The molecule has 1 aromatic carbocycles. The third-order valence-corrected chi connectivity index (χ3v) is 3.31. The van der Waals surface area contributed by atoms with Crippen LogP contribution in [0.2, 0.25) is 0 Å². The summed E-state index contributed by atoms with van der Waals surface area (Å²) in [6.07, 6.45) is -0.809. The number of β-amino-alcohol motifs (C(OH)–C–C–N with tert-alkyl or cyclic N) is 1. The number of aliphatic hydroxyl groups is 1. The van der Waals surface area contributed by atoms with Crippen molar-refractivity contribution in [3.05, 3.63) is 23.8 Å². The Balaban J connectivity index is 2.29. The third-order valence-electron chi connectivity index (χ3n) is 3.31. The SMILES string of the molecule is COc1ccc(C(=O)N2C[C@H](O)C[C@H]2C(=O)O)c(N)c1. The van der Waals surface area contributed by atoms with Crippen molar-refractivity contribution in [1.82, 2.24) is 4.90 Å². The van der Waals surface area contributed by atoms with E-state index in [1.165, 1.54) is 19.2 Å². The standard InChI is InChI=1S/C13H16N2O5/c1-20-8-2-3-9(10(14)5-8)12(17)15-6-7(16)4-11(15)13(18)19/h2-3,5,7,11,16H,4,6,14H2,1H3,(H,18,19)/t7-,11+/m1/s1. The van der Waals surface area contributed by atoms with E-state index in [1.54, 1.807) is 6.07 Å². The van der Waals surface area contributed by atoms with Crippen LogP contribution < -0.4 is 10.5 Å². The zero-order valence-electron chi connectivity index (χ0n) is 10.9. The lowest BCUT2D eigenvalue weighted by Crippen LogP contribution is -2.40. The van der Waals surface area contributed by atoms with E-state index in [9.17, 15) is 14.7 Å². The predicted molar refractivity (Wildman–Crippen MR) is 70.5 cm³/mol. The Morgan fingerprint density at radius 2 is 2.15 bits per heavy atom. The van der Waals surface area contributed by atoms with Gasteiger partial charge in [0.15, 0.2) is 0 Å². The summed E-state index contributed by atoms with van der Waals surface area (Å²) >= 11 is 0. The molecule has 0 bridgehead atoms. The normalized spacial score (nSPS) is 21.8. The fourth-order valence-corrected chi connectivity index (χ4v) is 2.29. The van der Waals surface area contributed by atoms with Gasteiger partial charge in [0.25, 0.3) is 5.91 Å². The lowest BCUT2D eigenvalue weighted by molar-refractivity contribution is -0.141. The van der Waals surface area contributed by atoms with Gasteiger partial charge in [0.1, 0.15) is 11.8 Å². The van der Waals surface area contributed by atoms with Crippen LogP contribution in [0.15, 0.2) is 18.2 Å². The van der Waals surface area contributed by atoms with Crippen molar-refractivity contribution in [2.45, 2.75) is 18.6 Å². The van der Waals surface area contributed by atoms with E-state index in [0.29, 0.717) is 5.75 Å². The number of anilines is 1. The Morgan fingerprint density at radius 1 is 1.45 bits per heavy atom. The number of aliphatic hydroxyl groups excluding tert-OH is 1. The molecule has 7 heteroatoms. The number of hydrogen-bond acceptors (Lipinski definition) is 5. The molecule has 0 aromatic heterocycles. The number of benzene rings is 1. The number of carbonyl (C=O) groups excluding carboxylic acids is 1. The van der Waals surface area contributed by atoms with E-state index in [4.69, 9.17) is 15.6 Å². The molecule has 0 saturated carbocycles. The Bertz CT molecular complexity index is 546. The van der Waals surface area contributed by atoms with Crippen LogP contribution in [0, 0.1) is 0 Å². The van der Waals surface area contributed by atoms with Crippen LogP contribution in [0.4, 0.5) is 5.69 Å². The maximum atomic E-state index is 12.4. The molecule has 1 amide bonds. The first-order chi connectivity index (χ1) is 9.43. The largest absolute Gasteiger partial charge is 0.497 e. The highest BCUT2D eigenvalue weighted by Crippen LogP contribution is 2.25. The van der Waals surface area contributed by atoms with Crippen LogP contribution in [0.3, 0.4) is 0 Å². The predicted octanol–water partition coefficient (Wildman–Crippen LogP) is -0.0626. The van der Waals surface area contributed by atoms with Crippen molar-refractivity contribution in [3.8, 4) is 5.75 Å². The van der Waals surface area contributed by atoms with E-state index < -0.39 is 24.0 Å². The van der Waals surface area contributed by atoms with E-state index in [-0.39, 0.29) is 24.2 Å². The quantitative estimate of drug-likeness (QED) is 0.668. The summed E-state index contributed by atoms with van der Waals surface area (Å²) in [5.41, 5.74) is 6.19. The number of nitrogens with zero attached hydrogens (tertiary/aromatic N) is 1. The van der Waals surface area contributed by atoms with Crippen molar-refractivity contribution in [3.63, 3.8) is 0 Å². The highest BCUT2D eigenvalue weighted by Gasteiger charge is 2.39. The molecule has 2 rings (SSSR count). The summed E-state index contributed by atoms with van der Waals surface area (Å²) < 4.78 is 4.99. The fourth-order valence-electron chi connectivity index (χ4n) is 2.29. The first kappa shape index (κ1) is 14.1. The summed E-state index contributed by atoms with van der Waals surface area (Å²) in [4.78, 5) is 24.6. The molecule has 1 saturated heterocycles. The Morgan fingerprint density at radius 3 is 2.70 bits per heavy atom. The zero-order chi connectivity index (χ0) is 14.9. The molecule has 2 atom stereocenters. The Hall–Kier alpha value is -2.28. The number of carbonyl (C=O) groups is 2. The van der Waals surface area contributed by atoms with Crippen molar-refractivity contribution in [2.24, 2.45) is 0 Å². The Labute approximate surface area is 115 Å². The second-order valence-corrected chi connectivity index (χ2v) is 4.65. The van der Waals surface area contributed by atoms with Crippen LogP contribution in [0.1, 0.15) is 16.8 Å². The molecule has 1 fully saturated rings. The number of methoxy groups -OCH3 is 1. The van der Waals surface area contributed by atoms with Gasteiger partial charge in [0, 0.05) is 24.7 Å². The number of amides is 1. The lowest BCUT2D eigenvalue weighted by atomic mass is 10.1. The second kappa shape index (κ2) is 5.38. The summed E-state index contributed by atoms with van der Waals surface area (Å²) in [7, 11) is 1.48. The van der Waals surface area contributed by atoms with Crippen LogP contribution in [0.25, 0.3) is 0 Å². The van der Waals surface area contributed by atoms with Crippen molar-refractivity contribution >= 4 is 17.6 Å².